The molecule has 76 heavy (non-hydrogen) atoms. The molecule has 0 aromatic heterocycles. The third-order valence-corrected chi connectivity index (χ3v) is 26.2. The van der Waals surface area contributed by atoms with Crippen LogP contribution in [-0.4, -0.2) is 44.7 Å². The molecule has 13 atom stereocenters. The van der Waals surface area contributed by atoms with Gasteiger partial charge in [0.1, 0.15) is 0 Å². The first-order valence-electron chi connectivity index (χ1n) is 27.6. The van der Waals surface area contributed by atoms with Gasteiger partial charge in [0, 0.05) is 61.2 Å². The average Bonchev–Trinajstić information content (AvgIpc) is 3.46. The van der Waals surface area contributed by atoms with Crippen LogP contribution in [0.4, 0.5) is 0 Å². The second-order valence-corrected chi connectivity index (χ2v) is 32.2. The third kappa shape index (κ3) is 8.81. The number of halogens is 1. The summed E-state index contributed by atoms with van der Waals surface area (Å²) in [6, 6.07) is 5.35. The van der Waals surface area contributed by atoms with Crippen LogP contribution in [0.15, 0.2) is 92.6 Å². The van der Waals surface area contributed by atoms with Crippen LogP contribution >= 0.6 is 25.8 Å². The van der Waals surface area contributed by atoms with Crippen molar-refractivity contribution in [3.05, 3.63) is 92.6 Å². The molecule has 0 saturated heterocycles. The molecule has 0 radical (unpaired) electrons. The lowest BCUT2D eigenvalue weighted by Gasteiger charge is -2.69. The zero-order chi connectivity index (χ0) is 56.5. The van der Waals surface area contributed by atoms with Crippen molar-refractivity contribution >= 4 is 37.4 Å². The van der Waals surface area contributed by atoms with E-state index in [-0.39, 0.29) is 71.8 Å². The molecule has 6 saturated carbocycles. The molecule has 10 aliphatic rings. The minimum absolute atomic E-state index is 0.0205. The second-order valence-electron chi connectivity index (χ2n) is 27.3. The Morgan fingerprint density at radius 2 is 0.974 bits per heavy atom. The monoisotopic (exact) mass is 1100 g/mol. The molecule has 0 heterocycles. The van der Waals surface area contributed by atoms with Crippen LogP contribution in [0.3, 0.4) is 0 Å². The Kier molecular flexibility index (Phi) is 14.7. The van der Waals surface area contributed by atoms with E-state index in [0.717, 1.165) is 105 Å². The van der Waals surface area contributed by atoms with Crippen molar-refractivity contribution in [3.63, 3.8) is 0 Å². The van der Waals surface area contributed by atoms with Gasteiger partial charge in [0.2, 0.25) is 11.6 Å². The Hall–Kier alpha value is -3.53. The standard InChI is InChI=1S/C31H42NO4P.C29H37NO2.C2H6ClO3P/c1-20-21-9-10-24-29(4,22(21)17-23(33)26(20)36-37(8,34)35-7)14-16-31(6)25-18-27(2,19-32)11-12-28(25,3)13-15-30(24,31)5;1-18-19-7-8-22-27(4,20(19)15-21(31)24(18)32)12-14-29(6)23-16-25(2,17-30)9-10-26(23,3)11-13-28(22,29)5;1-5-7(3,4)6-2/h9-10,17,25H,11-16,18H2,1-8H3;7-8,15,23,32H,9-14,16H2,1-6H3;1-2H3/t25-,27-,28-,29+,30-,31+,37?;23-,25-,26-,27+,28-,29+;/m11./s1. The Labute approximate surface area is 459 Å². The maximum absolute atomic E-state index is 13.3. The molecular formula is C62H85ClN2O9P2. The Morgan fingerprint density at radius 3 is 1.36 bits per heavy atom. The Morgan fingerprint density at radius 1 is 0.579 bits per heavy atom. The van der Waals surface area contributed by atoms with Gasteiger partial charge < -0.3 is 23.2 Å². The number of nitrogens with zero attached hydrogens (tertiary/aromatic N) is 2. The molecule has 10 rings (SSSR count). The molecular weight excluding hydrogens is 1010 g/mol. The molecule has 6 fully saturated rings. The van der Waals surface area contributed by atoms with Crippen molar-refractivity contribution < 1.29 is 41.9 Å². The highest BCUT2D eigenvalue weighted by atomic mass is 35.7. The number of carbonyl (C=O) groups excluding carboxylic acids is 2. The lowest BCUT2D eigenvalue weighted by Crippen LogP contribution is -2.61. The smallest absolute Gasteiger partial charge is 0.423 e. The van der Waals surface area contributed by atoms with Crippen molar-refractivity contribution in [2.75, 3.05) is 28.0 Å². The van der Waals surface area contributed by atoms with E-state index >= 15 is 0 Å². The van der Waals surface area contributed by atoms with Crippen molar-refractivity contribution in [1.29, 1.82) is 10.5 Å². The first-order valence-corrected chi connectivity index (χ1v) is 32.1. The molecule has 0 aliphatic heterocycles. The molecule has 0 spiro atoms. The predicted octanol–water partition coefficient (Wildman–Crippen LogP) is 16.8. The number of aliphatic hydroxyl groups is 1. The lowest BCUT2D eigenvalue weighted by molar-refractivity contribution is -0.155. The predicted molar refractivity (Wildman–Crippen MR) is 300 cm³/mol. The van der Waals surface area contributed by atoms with E-state index in [9.17, 15) is 34.3 Å². The van der Waals surface area contributed by atoms with Gasteiger partial charge >= 0.3 is 14.5 Å². The molecule has 0 amide bonds. The number of hydrogen-bond donors (Lipinski definition) is 1. The van der Waals surface area contributed by atoms with Crippen molar-refractivity contribution in [2.24, 2.45) is 66.0 Å². The van der Waals surface area contributed by atoms with E-state index in [2.05, 4.69) is 115 Å². The van der Waals surface area contributed by atoms with Crippen LogP contribution in [-0.2, 0) is 36.8 Å². The van der Waals surface area contributed by atoms with Gasteiger partial charge in [0.05, 0.1) is 23.0 Å². The maximum atomic E-state index is 13.3. The topological polar surface area (TPSA) is 173 Å². The number of hydrogen-bond acceptors (Lipinski definition) is 11. The molecule has 11 nitrogen and oxygen atoms in total. The van der Waals surface area contributed by atoms with Crippen LogP contribution in [0.1, 0.15) is 173 Å². The van der Waals surface area contributed by atoms with Gasteiger partial charge in [0.25, 0.3) is 0 Å². The van der Waals surface area contributed by atoms with Crippen LogP contribution in [0.5, 0.6) is 0 Å². The number of aliphatic hydroxyl groups excluding tert-OH is 1. The maximum Gasteiger partial charge on any atom is 0.423 e. The van der Waals surface area contributed by atoms with Gasteiger partial charge in [-0.25, -0.2) is 9.13 Å². The highest BCUT2D eigenvalue weighted by Crippen LogP contribution is 2.77. The fourth-order valence-electron chi connectivity index (χ4n) is 17.5. The highest BCUT2D eigenvalue weighted by Gasteiger charge is 2.69. The minimum Gasteiger partial charge on any atom is -0.504 e. The molecule has 0 bridgehead atoms. The fraction of sp³-hybridized carbons (Fsp3) is 0.677. The van der Waals surface area contributed by atoms with E-state index in [1.165, 1.54) is 52.0 Å². The fourth-order valence-corrected chi connectivity index (χ4v) is 18.3. The third-order valence-electron chi connectivity index (χ3n) is 23.3. The van der Waals surface area contributed by atoms with E-state index in [0.29, 0.717) is 22.8 Å². The first kappa shape index (κ1) is 58.6. The summed E-state index contributed by atoms with van der Waals surface area (Å²) < 4.78 is 41.8. The zero-order valence-corrected chi connectivity index (χ0v) is 50.9. The van der Waals surface area contributed by atoms with Crippen molar-refractivity contribution in [1.82, 2.24) is 0 Å². The van der Waals surface area contributed by atoms with Crippen molar-refractivity contribution in [2.45, 2.75) is 173 Å². The molecule has 10 aliphatic carbocycles. The van der Waals surface area contributed by atoms with Gasteiger partial charge in [0.15, 0.2) is 11.5 Å². The number of fused-ring (bicyclic) bond motifs is 14. The van der Waals surface area contributed by atoms with Crippen LogP contribution in [0.25, 0.3) is 0 Å². The Bertz CT molecular complexity index is 3000. The van der Waals surface area contributed by atoms with E-state index in [4.69, 9.17) is 20.3 Å². The van der Waals surface area contributed by atoms with E-state index < -0.39 is 14.5 Å². The SMILES string of the molecule is CC1=C(O)C(=O)C=C2C1=CC=C1[C@@]2(C)CC[C@@]2(C)[C@@H]3C[C@](C)(C#N)CC[C@]3(C)CC[C@]12C.COP(=O)(Cl)OC.COP(C)(=O)OC1=C(C)C2=CC=C3[C@@](C)(CC[C@@]4(C)[C@@H]5C[C@](C)(C#N)CC[C@]5(C)CC[C@]34C)C2=CC1=O. The number of nitriles is 2. The van der Waals surface area contributed by atoms with Gasteiger partial charge in [-0.3, -0.25) is 9.59 Å². The summed E-state index contributed by atoms with van der Waals surface area (Å²) in [6.07, 6.45) is 27.4. The number of allylic oxidation sites excluding steroid dienone is 14. The molecule has 0 aromatic rings. The molecule has 414 valence electrons. The molecule has 0 aromatic carbocycles. The summed E-state index contributed by atoms with van der Waals surface area (Å²) in [6.45, 7) is 25.8. The van der Waals surface area contributed by atoms with Crippen LogP contribution in [0.2, 0.25) is 0 Å². The van der Waals surface area contributed by atoms with Crippen molar-refractivity contribution in [3.8, 4) is 12.1 Å². The summed E-state index contributed by atoms with van der Waals surface area (Å²) in [7, 11) is 0.417. The molecule has 14 heteroatoms. The summed E-state index contributed by atoms with van der Waals surface area (Å²) in [5.74, 6) is 0.530. The van der Waals surface area contributed by atoms with Gasteiger partial charge in [-0.15, -0.1) is 0 Å². The zero-order valence-electron chi connectivity index (χ0n) is 48.4. The quantitative estimate of drug-likeness (QED) is 0.260. The van der Waals surface area contributed by atoms with E-state index in [1.54, 1.807) is 12.2 Å². The molecule has 1 unspecified atom stereocenters. The normalized spacial score (nSPS) is 42.9. The number of ketones is 2. The molecule has 1 N–H and O–H groups in total. The van der Waals surface area contributed by atoms with Gasteiger partial charge in [-0.05, 0) is 196 Å². The Balaban J connectivity index is 0.000000180. The van der Waals surface area contributed by atoms with Crippen LogP contribution < -0.4 is 0 Å². The number of rotatable bonds is 5. The largest absolute Gasteiger partial charge is 0.504 e. The summed E-state index contributed by atoms with van der Waals surface area (Å²) in [4.78, 5) is 25.9. The second kappa shape index (κ2) is 19.1. The average molecular weight is 1100 g/mol. The van der Waals surface area contributed by atoms with Gasteiger partial charge in [-0.2, -0.15) is 10.5 Å². The van der Waals surface area contributed by atoms with Crippen LogP contribution in [0, 0.1) is 88.6 Å². The highest BCUT2D eigenvalue weighted by molar-refractivity contribution is 7.81. The summed E-state index contributed by atoms with van der Waals surface area (Å²) >= 11 is 5.02. The summed E-state index contributed by atoms with van der Waals surface area (Å²) in [5.41, 5.74) is 8.39. The first-order chi connectivity index (χ1) is 35.0. The number of carbonyl (C=O) groups is 2. The van der Waals surface area contributed by atoms with E-state index in [1.807, 2.05) is 13.8 Å². The summed E-state index contributed by atoms with van der Waals surface area (Å²) in [5, 5.41) is 30.3. The minimum atomic E-state index is -3.36. The lowest BCUT2D eigenvalue weighted by atomic mass is 9.34. The van der Waals surface area contributed by atoms with Gasteiger partial charge in [-0.1, -0.05) is 90.8 Å².